The number of piperidine rings is 1. The van der Waals surface area contributed by atoms with Crippen molar-refractivity contribution in [2.45, 2.75) is 23.7 Å². The minimum Gasteiger partial charge on any atom is -0.392 e. The summed E-state index contributed by atoms with van der Waals surface area (Å²) >= 11 is 3.11. The Labute approximate surface area is 160 Å². The minimum absolute atomic E-state index is 0.0864. The van der Waals surface area contributed by atoms with Gasteiger partial charge >= 0.3 is 0 Å². The van der Waals surface area contributed by atoms with Gasteiger partial charge in [0.05, 0.1) is 9.82 Å². The molecule has 0 bridgehead atoms. The standard InChI is InChI=1S/C17H18BrN3O4S/c18-15-10-14(11-16(17(15)19)21(22)23)26(24,25)20-8-6-13(7-9-20)12-4-2-1-3-5-12/h1-5,10-11,13H,6-9,19H2. The van der Waals surface area contributed by atoms with Crippen LogP contribution in [0.3, 0.4) is 0 Å². The lowest BCUT2D eigenvalue weighted by molar-refractivity contribution is -0.384. The lowest BCUT2D eigenvalue weighted by Gasteiger charge is -2.31. The van der Waals surface area contributed by atoms with Crippen LogP contribution in [-0.2, 0) is 10.0 Å². The third-order valence-electron chi connectivity index (χ3n) is 4.64. The van der Waals surface area contributed by atoms with Gasteiger partial charge in [-0.05, 0) is 46.3 Å². The van der Waals surface area contributed by atoms with E-state index < -0.39 is 20.6 Å². The topological polar surface area (TPSA) is 107 Å². The molecule has 2 N–H and O–H groups in total. The van der Waals surface area contributed by atoms with Crippen LogP contribution in [0.15, 0.2) is 51.8 Å². The van der Waals surface area contributed by atoms with Gasteiger partial charge in [0.15, 0.2) is 0 Å². The molecule has 1 aliphatic rings. The van der Waals surface area contributed by atoms with Crippen molar-refractivity contribution in [1.82, 2.24) is 4.31 Å². The van der Waals surface area contributed by atoms with Crippen LogP contribution >= 0.6 is 15.9 Å². The molecular formula is C17H18BrN3O4S. The van der Waals surface area contributed by atoms with Gasteiger partial charge in [-0.15, -0.1) is 0 Å². The second-order valence-corrected chi connectivity index (χ2v) is 8.98. The highest BCUT2D eigenvalue weighted by atomic mass is 79.9. The summed E-state index contributed by atoms with van der Waals surface area (Å²) in [5, 5.41) is 11.1. The number of nitrogen functional groups attached to an aromatic ring is 1. The molecule has 26 heavy (non-hydrogen) atoms. The Morgan fingerprint density at radius 3 is 2.35 bits per heavy atom. The lowest BCUT2D eigenvalue weighted by Crippen LogP contribution is -2.37. The van der Waals surface area contributed by atoms with Gasteiger partial charge in [0.25, 0.3) is 5.69 Å². The van der Waals surface area contributed by atoms with Crippen LogP contribution in [0.25, 0.3) is 0 Å². The van der Waals surface area contributed by atoms with E-state index in [-0.39, 0.29) is 15.1 Å². The van der Waals surface area contributed by atoms with Crippen LogP contribution in [0.1, 0.15) is 24.3 Å². The summed E-state index contributed by atoms with van der Waals surface area (Å²) < 4.78 is 27.4. The average molecular weight is 440 g/mol. The van der Waals surface area contributed by atoms with Crippen molar-refractivity contribution in [2.24, 2.45) is 0 Å². The van der Waals surface area contributed by atoms with E-state index in [1.165, 1.54) is 15.9 Å². The zero-order chi connectivity index (χ0) is 18.9. The fourth-order valence-electron chi connectivity index (χ4n) is 3.18. The number of nitrogens with two attached hydrogens (primary N) is 1. The molecule has 2 aromatic carbocycles. The summed E-state index contributed by atoms with van der Waals surface area (Å²) in [7, 11) is -3.82. The van der Waals surface area contributed by atoms with Crippen LogP contribution in [0.5, 0.6) is 0 Å². The van der Waals surface area contributed by atoms with E-state index in [0.717, 1.165) is 6.07 Å². The molecule has 0 aliphatic carbocycles. The van der Waals surface area contributed by atoms with Gasteiger partial charge in [-0.1, -0.05) is 30.3 Å². The third kappa shape index (κ3) is 3.60. The average Bonchev–Trinajstić information content (AvgIpc) is 2.64. The molecule has 0 spiro atoms. The Balaban J connectivity index is 1.83. The van der Waals surface area contributed by atoms with Gasteiger partial charge < -0.3 is 5.73 Å². The summed E-state index contributed by atoms with van der Waals surface area (Å²) in [6.45, 7) is 0.745. The molecule has 0 radical (unpaired) electrons. The first-order valence-electron chi connectivity index (χ1n) is 8.09. The predicted octanol–water partition coefficient (Wildman–Crippen LogP) is 3.51. The highest BCUT2D eigenvalue weighted by molar-refractivity contribution is 9.10. The fraction of sp³-hybridized carbons (Fsp3) is 0.294. The van der Waals surface area contributed by atoms with Crippen LogP contribution in [0.4, 0.5) is 11.4 Å². The molecular weight excluding hydrogens is 422 g/mol. The molecule has 0 amide bonds. The van der Waals surface area contributed by atoms with Crippen LogP contribution in [0, 0.1) is 10.1 Å². The molecule has 1 aliphatic heterocycles. The van der Waals surface area contributed by atoms with E-state index >= 15 is 0 Å². The summed E-state index contributed by atoms with van der Waals surface area (Å²) in [5.74, 6) is 0.315. The molecule has 138 valence electrons. The quantitative estimate of drug-likeness (QED) is 0.445. The van der Waals surface area contributed by atoms with Gasteiger partial charge in [0.2, 0.25) is 10.0 Å². The number of rotatable bonds is 4. The first kappa shape index (κ1) is 18.8. The van der Waals surface area contributed by atoms with E-state index in [1.807, 2.05) is 18.2 Å². The normalized spacial score (nSPS) is 16.5. The Kier molecular flexibility index (Phi) is 5.31. The van der Waals surface area contributed by atoms with Gasteiger partial charge in [-0.3, -0.25) is 10.1 Å². The summed E-state index contributed by atoms with van der Waals surface area (Å²) in [6, 6.07) is 12.4. The summed E-state index contributed by atoms with van der Waals surface area (Å²) in [5.41, 5.74) is 6.36. The Morgan fingerprint density at radius 2 is 1.77 bits per heavy atom. The highest BCUT2D eigenvalue weighted by Gasteiger charge is 2.32. The van der Waals surface area contributed by atoms with Crippen molar-refractivity contribution in [3.8, 4) is 0 Å². The molecule has 9 heteroatoms. The predicted molar refractivity (Wildman–Crippen MR) is 102 cm³/mol. The van der Waals surface area contributed by atoms with Gasteiger partial charge in [-0.2, -0.15) is 4.31 Å². The van der Waals surface area contributed by atoms with Gasteiger partial charge in [-0.25, -0.2) is 8.42 Å². The van der Waals surface area contributed by atoms with Gasteiger partial charge in [0.1, 0.15) is 5.69 Å². The molecule has 0 atom stereocenters. The monoisotopic (exact) mass is 439 g/mol. The number of halogens is 1. The van der Waals surface area contributed by atoms with Crippen molar-refractivity contribution >= 4 is 37.3 Å². The zero-order valence-corrected chi connectivity index (χ0v) is 16.2. The maximum absolute atomic E-state index is 12.9. The van der Waals surface area contributed by atoms with Crippen molar-refractivity contribution < 1.29 is 13.3 Å². The van der Waals surface area contributed by atoms with Crippen LogP contribution < -0.4 is 5.73 Å². The number of benzene rings is 2. The fourth-order valence-corrected chi connectivity index (χ4v) is 5.30. The molecule has 1 saturated heterocycles. The van der Waals surface area contributed by atoms with Crippen LogP contribution in [0.2, 0.25) is 0 Å². The van der Waals surface area contributed by atoms with E-state index in [4.69, 9.17) is 5.73 Å². The molecule has 3 rings (SSSR count). The summed E-state index contributed by atoms with van der Waals surface area (Å²) in [4.78, 5) is 10.3. The smallest absolute Gasteiger partial charge is 0.294 e. The Bertz CT molecular complexity index is 927. The first-order chi connectivity index (χ1) is 12.3. The molecule has 0 unspecified atom stereocenters. The van der Waals surface area contributed by atoms with E-state index in [9.17, 15) is 18.5 Å². The molecule has 2 aromatic rings. The largest absolute Gasteiger partial charge is 0.392 e. The minimum atomic E-state index is -3.82. The maximum Gasteiger partial charge on any atom is 0.294 e. The molecule has 0 aromatic heterocycles. The number of hydrogen-bond acceptors (Lipinski definition) is 5. The van der Waals surface area contributed by atoms with Crippen molar-refractivity contribution in [3.05, 3.63) is 62.6 Å². The Morgan fingerprint density at radius 1 is 1.15 bits per heavy atom. The number of nitro groups is 1. The van der Waals surface area contributed by atoms with Crippen molar-refractivity contribution in [1.29, 1.82) is 0 Å². The second kappa shape index (κ2) is 7.34. The number of nitrogens with zero attached hydrogens (tertiary/aromatic N) is 2. The zero-order valence-electron chi connectivity index (χ0n) is 13.8. The molecule has 1 fully saturated rings. The molecule has 1 heterocycles. The lowest BCUT2D eigenvalue weighted by atomic mass is 9.90. The Hall–Kier alpha value is -1.97. The molecule has 0 saturated carbocycles. The van der Waals surface area contributed by atoms with E-state index in [2.05, 4.69) is 28.1 Å². The number of hydrogen-bond donors (Lipinski definition) is 1. The molecule has 7 nitrogen and oxygen atoms in total. The number of sulfonamides is 1. The second-order valence-electron chi connectivity index (χ2n) is 6.18. The van der Waals surface area contributed by atoms with Crippen molar-refractivity contribution in [3.63, 3.8) is 0 Å². The van der Waals surface area contributed by atoms with Crippen LogP contribution in [-0.4, -0.2) is 30.7 Å². The van der Waals surface area contributed by atoms with E-state index in [0.29, 0.717) is 31.8 Å². The maximum atomic E-state index is 12.9. The van der Waals surface area contributed by atoms with Gasteiger partial charge in [0, 0.05) is 23.6 Å². The third-order valence-corrected chi connectivity index (χ3v) is 7.17. The SMILES string of the molecule is Nc1c(Br)cc(S(=O)(=O)N2CCC(c3ccccc3)CC2)cc1[N+](=O)[O-]. The highest BCUT2D eigenvalue weighted by Crippen LogP contribution is 2.35. The van der Waals surface area contributed by atoms with Crippen molar-refractivity contribution in [2.75, 3.05) is 18.8 Å². The number of nitro benzene ring substituents is 1. The summed E-state index contributed by atoms with van der Waals surface area (Å²) in [6.07, 6.45) is 1.42. The van der Waals surface area contributed by atoms with E-state index in [1.54, 1.807) is 0 Å². The number of anilines is 1. The first-order valence-corrected chi connectivity index (χ1v) is 10.3.